The van der Waals surface area contributed by atoms with Crippen LogP contribution in [0.5, 0.6) is 0 Å². The van der Waals surface area contributed by atoms with Crippen molar-refractivity contribution >= 4 is 28.0 Å². The fourth-order valence-corrected chi connectivity index (χ4v) is 1.50. The molecular formula is C10H8BrN5O. The number of hydrogen-bond donors (Lipinski definition) is 2. The number of halogens is 1. The second kappa shape index (κ2) is 5.35. The number of rotatable bonds is 3. The van der Waals surface area contributed by atoms with Gasteiger partial charge in [-0.25, -0.2) is 9.89 Å². The molecule has 0 fully saturated rings. The van der Waals surface area contributed by atoms with Crippen LogP contribution < -0.4 is 11.1 Å². The summed E-state index contributed by atoms with van der Waals surface area (Å²) < 4.78 is 0.933. The monoisotopic (exact) mass is 293 g/mol. The van der Waals surface area contributed by atoms with E-state index < -0.39 is 5.69 Å². The van der Waals surface area contributed by atoms with Crippen molar-refractivity contribution in [2.24, 2.45) is 5.10 Å². The lowest BCUT2D eigenvalue weighted by atomic mass is 10.2. The first-order chi connectivity index (χ1) is 8.25. The number of anilines is 1. The predicted molar refractivity (Wildman–Crippen MR) is 68.0 cm³/mol. The van der Waals surface area contributed by atoms with E-state index in [9.17, 15) is 4.79 Å². The predicted octanol–water partition coefficient (Wildman–Crippen LogP) is 1.37. The summed E-state index contributed by atoms with van der Waals surface area (Å²) in [4.78, 5) is 14.5. The van der Waals surface area contributed by atoms with Gasteiger partial charge in [0, 0.05) is 10.0 Å². The van der Waals surface area contributed by atoms with Crippen LogP contribution in [-0.2, 0) is 0 Å². The summed E-state index contributed by atoms with van der Waals surface area (Å²) in [6, 6.07) is 7.63. The minimum Gasteiger partial charge on any atom is -0.260 e. The van der Waals surface area contributed by atoms with Gasteiger partial charge >= 0.3 is 5.69 Å². The van der Waals surface area contributed by atoms with Crippen molar-refractivity contribution in [2.45, 2.75) is 0 Å². The van der Waals surface area contributed by atoms with Gasteiger partial charge < -0.3 is 0 Å². The van der Waals surface area contributed by atoms with Crippen molar-refractivity contribution < 1.29 is 0 Å². The third-order valence-electron chi connectivity index (χ3n) is 1.86. The number of aromatic amines is 1. The summed E-state index contributed by atoms with van der Waals surface area (Å²) >= 11 is 3.39. The Morgan fingerprint density at radius 2 is 2.24 bits per heavy atom. The summed E-state index contributed by atoms with van der Waals surface area (Å²) in [6.07, 6.45) is 2.99. The van der Waals surface area contributed by atoms with Gasteiger partial charge in [0.25, 0.3) is 0 Å². The lowest BCUT2D eigenvalue weighted by molar-refractivity contribution is 0.913. The summed E-state index contributed by atoms with van der Waals surface area (Å²) in [5, 5.41) is 9.71. The average Bonchev–Trinajstić information content (AvgIpc) is 2.32. The lowest BCUT2D eigenvalue weighted by Crippen LogP contribution is -2.13. The molecule has 1 aromatic carbocycles. The van der Waals surface area contributed by atoms with E-state index in [1.54, 1.807) is 6.21 Å². The molecule has 2 aromatic rings. The van der Waals surface area contributed by atoms with Crippen LogP contribution in [0.25, 0.3) is 0 Å². The molecule has 1 heterocycles. The molecule has 0 bridgehead atoms. The number of hydrogen-bond acceptors (Lipinski definition) is 5. The van der Waals surface area contributed by atoms with Crippen LogP contribution in [0.1, 0.15) is 5.56 Å². The molecule has 0 aliphatic carbocycles. The van der Waals surface area contributed by atoms with E-state index in [4.69, 9.17) is 0 Å². The summed E-state index contributed by atoms with van der Waals surface area (Å²) in [6.45, 7) is 0. The molecule has 0 atom stereocenters. The van der Waals surface area contributed by atoms with Crippen molar-refractivity contribution in [2.75, 3.05) is 5.43 Å². The van der Waals surface area contributed by atoms with Gasteiger partial charge in [-0.3, -0.25) is 5.43 Å². The first kappa shape index (κ1) is 11.5. The maximum absolute atomic E-state index is 10.8. The van der Waals surface area contributed by atoms with Gasteiger partial charge in [0.15, 0.2) is 5.82 Å². The Morgan fingerprint density at radius 1 is 1.41 bits per heavy atom. The van der Waals surface area contributed by atoms with E-state index in [1.807, 2.05) is 24.3 Å². The zero-order chi connectivity index (χ0) is 12.1. The zero-order valence-corrected chi connectivity index (χ0v) is 10.2. The molecule has 17 heavy (non-hydrogen) atoms. The maximum atomic E-state index is 10.8. The molecule has 0 aliphatic heterocycles. The number of benzene rings is 1. The highest BCUT2D eigenvalue weighted by Crippen LogP contribution is 2.13. The minimum atomic E-state index is -0.522. The normalized spacial score (nSPS) is 10.6. The molecule has 0 radical (unpaired) electrons. The second-order valence-electron chi connectivity index (χ2n) is 3.06. The van der Waals surface area contributed by atoms with Crippen LogP contribution in [-0.4, -0.2) is 21.4 Å². The Hall–Kier alpha value is -2.02. The Labute approximate surface area is 105 Å². The van der Waals surface area contributed by atoms with Crippen LogP contribution in [0.2, 0.25) is 0 Å². The number of H-pyrrole nitrogens is 1. The van der Waals surface area contributed by atoms with Gasteiger partial charge in [-0.2, -0.15) is 15.2 Å². The van der Waals surface area contributed by atoms with Gasteiger partial charge in [0.05, 0.1) is 12.4 Å². The number of aromatic nitrogens is 3. The fraction of sp³-hybridized carbons (Fsp3) is 0. The van der Waals surface area contributed by atoms with E-state index >= 15 is 0 Å². The van der Waals surface area contributed by atoms with Crippen molar-refractivity contribution in [1.82, 2.24) is 15.2 Å². The highest BCUT2D eigenvalue weighted by molar-refractivity contribution is 9.10. The highest BCUT2D eigenvalue weighted by Gasteiger charge is 1.94. The molecule has 0 saturated carbocycles. The smallest absolute Gasteiger partial charge is 0.260 e. The molecule has 0 spiro atoms. The van der Waals surface area contributed by atoms with Crippen molar-refractivity contribution in [3.05, 3.63) is 51.0 Å². The molecule has 0 amide bonds. The quantitative estimate of drug-likeness (QED) is 0.661. The lowest BCUT2D eigenvalue weighted by Gasteiger charge is -1.98. The van der Waals surface area contributed by atoms with E-state index in [1.165, 1.54) is 6.20 Å². The topological polar surface area (TPSA) is 83.0 Å². The maximum Gasteiger partial charge on any atom is 0.363 e. The van der Waals surface area contributed by atoms with Crippen molar-refractivity contribution in [3.63, 3.8) is 0 Å². The van der Waals surface area contributed by atoms with Crippen molar-refractivity contribution in [3.8, 4) is 0 Å². The summed E-state index contributed by atoms with van der Waals surface area (Å²) in [5.41, 5.74) is 3.01. The molecule has 2 rings (SSSR count). The first-order valence-corrected chi connectivity index (χ1v) is 5.50. The molecule has 2 N–H and O–H groups in total. The molecular weight excluding hydrogens is 286 g/mol. The number of hydrazone groups is 1. The standard InChI is InChI=1S/C10H8BrN5O/c11-8-4-2-1-3-7(8)5-12-15-9-6-13-16-10(17)14-9/h1-6H,(H2,14,15,16,17)/b12-5-. The summed E-state index contributed by atoms with van der Waals surface area (Å²) in [5.74, 6) is 0.289. The van der Waals surface area contributed by atoms with Gasteiger partial charge in [-0.15, -0.1) is 0 Å². The van der Waals surface area contributed by atoms with Crippen LogP contribution >= 0.6 is 15.9 Å². The molecule has 0 unspecified atom stereocenters. The van der Waals surface area contributed by atoms with Crippen LogP contribution in [0.3, 0.4) is 0 Å². The number of nitrogens with one attached hydrogen (secondary N) is 2. The second-order valence-corrected chi connectivity index (χ2v) is 3.92. The van der Waals surface area contributed by atoms with Crippen molar-refractivity contribution in [1.29, 1.82) is 0 Å². The SMILES string of the molecule is O=c1nc(N/N=C\c2ccccc2Br)cn[nH]1. The van der Waals surface area contributed by atoms with Crippen LogP contribution in [0.15, 0.2) is 44.8 Å². The van der Waals surface area contributed by atoms with Gasteiger partial charge in [0.1, 0.15) is 0 Å². The molecule has 86 valence electrons. The van der Waals surface area contributed by atoms with Gasteiger partial charge in [-0.05, 0) is 6.07 Å². The third kappa shape index (κ3) is 3.22. The van der Waals surface area contributed by atoms with Gasteiger partial charge in [0.2, 0.25) is 0 Å². The molecule has 1 aromatic heterocycles. The molecule has 6 nitrogen and oxygen atoms in total. The Morgan fingerprint density at radius 3 is 3.00 bits per heavy atom. The van der Waals surface area contributed by atoms with Gasteiger partial charge in [-0.1, -0.05) is 34.1 Å². The molecule has 0 saturated heterocycles. The van der Waals surface area contributed by atoms with Crippen LogP contribution in [0, 0.1) is 0 Å². The van der Waals surface area contributed by atoms with E-state index in [0.717, 1.165) is 10.0 Å². The average molecular weight is 294 g/mol. The van der Waals surface area contributed by atoms with E-state index in [2.05, 4.69) is 41.6 Å². The Kier molecular flexibility index (Phi) is 3.61. The minimum absolute atomic E-state index is 0.289. The first-order valence-electron chi connectivity index (χ1n) is 4.71. The van der Waals surface area contributed by atoms with Crippen LogP contribution in [0.4, 0.5) is 5.82 Å². The van der Waals surface area contributed by atoms with E-state index in [-0.39, 0.29) is 5.82 Å². The summed E-state index contributed by atoms with van der Waals surface area (Å²) in [7, 11) is 0. The fourth-order valence-electron chi connectivity index (χ4n) is 1.11. The number of nitrogens with zero attached hydrogens (tertiary/aromatic N) is 3. The molecule has 7 heteroatoms. The Bertz CT molecular complexity index is 595. The Balaban J connectivity index is 2.08. The zero-order valence-electron chi connectivity index (χ0n) is 8.59. The highest BCUT2D eigenvalue weighted by atomic mass is 79.9. The molecule has 0 aliphatic rings. The largest absolute Gasteiger partial charge is 0.363 e. The van der Waals surface area contributed by atoms with E-state index in [0.29, 0.717) is 0 Å². The third-order valence-corrected chi connectivity index (χ3v) is 2.58.